The summed E-state index contributed by atoms with van der Waals surface area (Å²) in [6, 6.07) is 18.7. The molecule has 5 nitrogen and oxygen atoms in total. The van der Waals surface area contributed by atoms with Gasteiger partial charge >= 0.3 is 0 Å². The van der Waals surface area contributed by atoms with E-state index in [0.717, 1.165) is 47.9 Å². The highest BCUT2D eigenvalue weighted by atomic mass is 16.2. The van der Waals surface area contributed by atoms with Gasteiger partial charge in [-0.1, -0.05) is 66.9 Å². The molecule has 2 amide bonds. The predicted molar refractivity (Wildman–Crippen MR) is 134 cm³/mol. The van der Waals surface area contributed by atoms with E-state index in [9.17, 15) is 9.59 Å². The van der Waals surface area contributed by atoms with Crippen molar-refractivity contribution in [1.29, 1.82) is 0 Å². The number of amides is 2. The number of pyridine rings is 1. The topological polar surface area (TPSA) is 62.3 Å². The van der Waals surface area contributed by atoms with Gasteiger partial charge in [0.05, 0.1) is 5.69 Å². The second kappa shape index (κ2) is 10.6. The van der Waals surface area contributed by atoms with Crippen molar-refractivity contribution in [2.24, 2.45) is 0 Å². The molecule has 0 saturated heterocycles. The van der Waals surface area contributed by atoms with E-state index in [0.29, 0.717) is 17.8 Å². The third kappa shape index (κ3) is 5.36. The van der Waals surface area contributed by atoms with Gasteiger partial charge in [-0.3, -0.25) is 14.6 Å². The van der Waals surface area contributed by atoms with E-state index in [4.69, 9.17) is 0 Å². The highest BCUT2D eigenvalue weighted by Gasteiger charge is 2.35. The Balaban J connectivity index is 1.79. The largest absolute Gasteiger partial charge is 0.351 e. The maximum absolute atomic E-state index is 14.2. The summed E-state index contributed by atoms with van der Waals surface area (Å²) in [5.74, 6) is -0.326. The van der Waals surface area contributed by atoms with E-state index in [1.807, 2.05) is 81.4 Å². The number of hydrogen-bond donors (Lipinski definition) is 1. The van der Waals surface area contributed by atoms with E-state index in [1.165, 1.54) is 0 Å². The van der Waals surface area contributed by atoms with Gasteiger partial charge in [-0.05, 0) is 62.4 Å². The molecule has 1 saturated carbocycles. The average molecular weight is 456 g/mol. The van der Waals surface area contributed by atoms with Crippen LogP contribution in [0.15, 0.2) is 66.9 Å². The summed E-state index contributed by atoms with van der Waals surface area (Å²) in [6.45, 7) is 6.26. The summed E-state index contributed by atoms with van der Waals surface area (Å²) >= 11 is 0. The fourth-order valence-corrected chi connectivity index (χ4v) is 5.04. The zero-order chi connectivity index (χ0) is 24.1. The molecule has 1 aromatic heterocycles. The minimum absolute atomic E-state index is 0.148. The smallest absolute Gasteiger partial charge is 0.255 e. The van der Waals surface area contributed by atoms with E-state index >= 15 is 0 Å². The lowest BCUT2D eigenvalue weighted by atomic mass is 9.97. The lowest BCUT2D eigenvalue weighted by molar-refractivity contribution is -0.127. The summed E-state index contributed by atoms with van der Waals surface area (Å²) in [7, 11) is 0. The van der Waals surface area contributed by atoms with Crippen LogP contribution in [-0.4, -0.2) is 27.7 Å². The summed E-state index contributed by atoms with van der Waals surface area (Å²) in [5.41, 5.74) is 5.13. The Kier molecular flexibility index (Phi) is 7.41. The Labute approximate surface area is 202 Å². The van der Waals surface area contributed by atoms with Gasteiger partial charge in [0.25, 0.3) is 5.91 Å². The van der Waals surface area contributed by atoms with Crippen molar-refractivity contribution < 1.29 is 9.59 Å². The van der Waals surface area contributed by atoms with Crippen molar-refractivity contribution in [1.82, 2.24) is 15.2 Å². The molecule has 1 fully saturated rings. The van der Waals surface area contributed by atoms with Gasteiger partial charge < -0.3 is 10.2 Å². The monoisotopic (exact) mass is 455 g/mol. The normalized spacial score (nSPS) is 14.6. The third-order valence-electron chi connectivity index (χ3n) is 6.58. The molecule has 176 valence electrons. The first-order chi connectivity index (χ1) is 16.4. The zero-order valence-corrected chi connectivity index (χ0v) is 20.3. The van der Waals surface area contributed by atoms with Gasteiger partial charge in [0.2, 0.25) is 5.91 Å². The Morgan fingerprint density at radius 1 is 0.971 bits per heavy atom. The lowest BCUT2D eigenvalue weighted by Crippen LogP contribution is -2.46. The molecule has 3 aromatic rings. The van der Waals surface area contributed by atoms with Crippen molar-refractivity contribution in [2.75, 3.05) is 0 Å². The van der Waals surface area contributed by atoms with Gasteiger partial charge in [-0.25, -0.2) is 0 Å². The molecule has 2 aromatic carbocycles. The van der Waals surface area contributed by atoms with Gasteiger partial charge in [-0.15, -0.1) is 0 Å². The molecule has 34 heavy (non-hydrogen) atoms. The van der Waals surface area contributed by atoms with Gasteiger partial charge in [0.15, 0.2) is 6.04 Å². The van der Waals surface area contributed by atoms with Crippen LogP contribution >= 0.6 is 0 Å². The van der Waals surface area contributed by atoms with Crippen molar-refractivity contribution in [3.05, 3.63) is 100 Å². The van der Waals surface area contributed by atoms with E-state index < -0.39 is 6.04 Å². The first-order valence-corrected chi connectivity index (χ1v) is 12.1. The van der Waals surface area contributed by atoms with Gasteiger partial charge in [0.1, 0.15) is 0 Å². The molecule has 1 heterocycles. The molecule has 0 radical (unpaired) electrons. The Bertz CT molecular complexity index is 1120. The van der Waals surface area contributed by atoms with Gasteiger partial charge in [0, 0.05) is 24.3 Å². The van der Waals surface area contributed by atoms with Crippen LogP contribution in [0.2, 0.25) is 0 Å². The minimum atomic E-state index is -0.824. The fraction of sp³-hybridized carbons (Fsp3) is 0.345. The quantitative estimate of drug-likeness (QED) is 0.515. The molecule has 0 spiro atoms. The molecule has 1 aliphatic rings. The second-order valence-electron chi connectivity index (χ2n) is 9.34. The zero-order valence-electron chi connectivity index (χ0n) is 20.3. The molecular formula is C29H33N3O2. The molecule has 1 aliphatic carbocycles. The average Bonchev–Trinajstić information content (AvgIpc) is 3.32. The van der Waals surface area contributed by atoms with Crippen LogP contribution in [0.5, 0.6) is 0 Å². The van der Waals surface area contributed by atoms with Crippen molar-refractivity contribution in [2.45, 2.75) is 65.1 Å². The number of hydrogen-bond acceptors (Lipinski definition) is 3. The first kappa shape index (κ1) is 23.7. The second-order valence-corrected chi connectivity index (χ2v) is 9.34. The van der Waals surface area contributed by atoms with Crippen LogP contribution < -0.4 is 5.32 Å². The Morgan fingerprint density at radius 2 is 1.62 bits per heavy atom. The molecule has 1 unspecified atom stereocenters. The van der Waals surface area contributed by atoms with Gasteiger partial charge in [-0.2, -0.15) is 0 Å². The van der Waals surface area contributed by atoms with E-state index in [2.05, 4.69) is 10.3 Å². The summed E-state index contributed by atoms with van der Waals surface area (Å²) < 4.78 is 0. The fourth-order valence-electron chi connectivity index (χ4n) is 5.04. The summed E-state index contributed by atoms with van der Waals surface area (Å²) in [5, 5.41) is 3.22. The number of carbonyl (C=O) groups is 2. The van der Waals surface area contributed by atoms with Crippen LogP contribution in [-0.2, 0) is 11.3 Å². The SMILES string of the molecule is Cc1cc(C)c(C(=O)N(Cc2ccccc2)C(C(=O)NC2CCCC2)c2ccccn2)c(C)c1. The Hall–Kier alpha value is -3.47. The maximum Gasteiger partial charge on any atom is 0.255 e. The first-order valence-electron chi connectivity index (χ1n) is 12.1. The maximum atomic E-state index is 14.2. The van der Waals surface area contributed by atoms with Crippen LogP contribution in [0.25, 0.3) is 0 Å². The number of aromatic nitrogens is 1. The molecular weight excluding hydrogens is 422 g/mol. The third-order valence-corrected chi connectivity index (χ3v) is 6.58. The molecule has 1 N–H and O–H groups in total. The number of aryl methyl sites for hydroxylation is 3. The molecule has 0 bridgehead atoms. The lowest BCUT2D eigenvalue weighted by Gasteiger charge is -2.32. The summed E-state index contributed by atoms with van der Waals surface area (Å²) in [6.07, 6.45) is 5.87. The highest BCUT2D eigenvalue weighted by molar-refractivity contribution is 6.00. The highest BCUT2D eigenvalue weighted by Crippen LogP contribution is 2.28. The molecule has 4 rings (SSSR count). The van der Waals surface area contributed by atoms with E-state index in [-0.39, 0.29) is 17.9 Å². The number of nitrogens with zero attached hydrogens (tertiary/aromatic N) is 2. The molecule has 1 atom stereocenters. The van der Waals surface area contributed by atoms with Crippen LogP contribution in [0, 0.1) is 20.8 Å². The number of benzene rings is 2. The van der Waals surface area contributed by atoms with E-state index in [1.54, 1.807) is 11.1 Å². The van der Waals surface area contributed by atoms with Crippen LogP contribution in [0.1, 0.15) is 70.0 Å². The van der Waals surface area contributed by atoms with Crippen LogP contribution in [0.3, 0.4) is 0 Å². The molecule has 5 heteroatoms. The minimum Gasteiger partial charge on any atom is -0.351 e. The summed E-state index contributed by atoms with van der Waals surface area (Å²) in [4.78, 5) is 34.1. The standard InChI is InChI=1S/C29H33N3O2/c1-20-17-21(2)26(22(3)18-20)29(34)32(19-23-11-5-4-6-12-23)27(25-15-9-10-16-30-25)28(33)31-24-13-7-8-14-24/h4-6,9-12,15-18,24,27H,7-8,13-14,19H2,1-3H3,(H,31,33). The Morgan fingerprint density at radius 3 is 2.24 bits per heavy atom. The number of rotatable bonds is 7. The van der Waals surface area contributed by atoms with Crippen LogP contribution in [0.4, 0.5) is 0 Å². The van der Waals surface area contributed by atoms with Crippen molar-refractivity contribution in [3.63, 3.8) is 0 Å². The molecule has 0 aliphatic heterocycles. The van der Waals surface area contributed by atoms with Crippen molar-refractivity contribution in [3.8, 4) is 0 Å². The predicted octanol–water partition coefficient (Wildman–Crippen LogP) is 5.45. The number of nitrogens with one attached hydrogen (secondary N) is 1. The number of carbonyl (C=O) groups excluding carboxylic acids is 2. The van der Waals surface area contributed by atoms with Crippen molar-refractivity contribution >= 4 is 11.8 Å².